The molecule has 2 rings (SSSR count). The van der Waals surface area contributed by atoms with Crippen LogP contribution in [0.25, 0.3) is 0 Å². The van der Waals surface area contributed by atoms with E-state index in [4.69, 9.17) is 4.52 Å². The van der Waals surface area contributed by atoms with Gasteiger partial charge in [-0.2, -0.15) is 4.98 Å². The van der Waals surface area contributed by atoms with Crippen LogP contribution in [0.4, 0.5) is 0 Å². The number of hydrogen-bond donors (Lipinski definition) is 1. The van der Waals surface area contributed by atoms with Crippen molar-refractivity contribution in [3.63, 3.8) is 0 Å². The molecule has 0 bridgehead atoms. The number of nitrogens with one attached hydrogen (secondary N) is 1. The Bertz CT molecular complexity index is 315. The fraction of sp³-hybridized carbons (Fsp3) is 0.846. The van der Waals surface area contributed by atoms with Gasteiger partial charge >= 0.3 is 0 Å². The molecule has 1 fully saturated rings. The third-order valence-corrected chi connectivity index (χ3v) is 3.54. The third-order valence-electron chi connectivity index (χ3n) is 3.54. The van der Waals surface area contributed by atoms with Crippen molar-refractivity contribution in [2.24, 2.45) is 0 Å². The second-order valence-electron chi connectivity index (χ2n) is 5.01. The summed E-state index contributed by atoms with van der Waals surface area (Å²) in [6.45, 7) is 6.92. The quantitative estimate of drug-likeness (QED) is 0.831. The molecule has 0 amide bonds. The first-order valence-corrected chi connectivity index (χ1v) is 7.09. The number of likely N-dealkylation sites (tertiary alicyclic amines) is 1. The molecular weight excluding hydrogens is 228 g/mol. The van der Waals surface area contributed by atoms with Gasteiger partial charge in [0.25, 0.3) is 0 Å². The topological polar surface area (TPSA) is 54.2 Å². The van der Waals surface area contributed by atoms with Gasteiger partial charge in [-0.15, -0.1) is 0 Å². The summed E-state index contributed by atoms with van der Waals surface area (Å²) in [5.41, 5.74) is 0. The molecule has 102 valence electrons. The Morgan fingerprint density at radius 2 is 2.39 bits per heavy atom. The molecule has 1 atom stereocenters. The fourth-order valence-corrected chi connectivity index (χ4v) is 2.59. The second-order valence-corrected chi connectivity index (χ2v) is 5.01. The first-order valence-electron chi connectivity index (χ1n) is 7.09. The van der Waals surface area contributed by atoms with Crippen LogP contribution in [0.5, 0.6) is 0 Å². The number of nitrogens with zero attached hydrogens (tertiary/aromatic N) is 3. The van der Waals surface area contributed by atoms with Crippen molar-refractivity contribution in [2.45, 2.75) is 45.1 Å². The van der Waals surface area contributed by atoms with Crippen molar-refractivity contribution in [1.82, 2.24) is 20.4 Å². The molecule has 5 nitrogen and oxygen atoms in total. The van der Waals surface area contributed by atoms with Crippen LogP contribution >= 0.6 is 0 Å². The Kier molecular flexibility index (Phi) is 5.61. The van der Waals surface area contributed by atoms with Crippen LogP contribution in [0.3, 0.4) is 0 Å². The second kappa shape index (κ2) is 7.48. The molecule has 2 heterocycles. The van der Waals surface area contributed by atoms with Crippen molar-refractivity contribution in [3.05, 3.63) is 12.2 Å². The van der Waals surface area contributed by atoms with Crippen molar-refractivity contribution in [1.29, 1.82) is 0 Å². The van der Waals surface area contributed by atoms with Crippen molar-refractivity contribution >= 4 is 0 Å². The summed E-state index contributed by atoms with van der Waals surface area (Å²) in [6, 6.07) is 0.648. The van der Waals surface area contributed by atoms with Gasteiger partial charge in [0.05, 0.1) is 0 Å². The van der Waals surface area contributed by atoms with Crippen LogP contribution in [0.15, 0.2) is 10.9 Å². The largest absolute Gasteiger partial charge is 0.340 e. The lowest BCUT2D eigenvalue weighted by molar-refractivity contribution is 0.282. The summed E-state index contributed by atoms with van der Waals surface area (Å²) in [5, 5.41) is 7.22. The Labute approximate surface area is 109 Å². The lowest BCUT2D eigenvalue weighted by atomic mass is 10.1. The molecule has 1 aromatic heterocycles. The lowest BCUT2D eigenvalue weighted by Gasteiger charge is -2.19. The van der Waals surface area contributed by atoms with Crippen LogP contribution < -0.4 is 5.32 Å². The number of hydrogen-bond acceptors (Lipinski definition) is 5. The van der Waals surface area contributed by atoms with E-state index >= 15 is 0 Å². The highest BCUT2D eigenvalue weighted by Gasteiger charge is 2.15. The monoisotopic (exact) mass is 252 g/mol. The SMILES string of the molecule is CCCN1CCCC(NCCc2ncno2)CC1. The summed E-state index contributed by atoms with van der Waals surface area (Å²) >= 11 is 0. The van der Waals surface area contributed by atoms with Crippen LogP contribution in [0.1, 0.15) is 38.5 Å². The predicted octanol–water partition coefficient (Wildman–Crippen LogP) is 1.47. The minimum absolute atomic E-state index is 0.648. The fourth-order valence-electron chi connectivity index (χ4n) is 2.59. The maximum absolute atomic E-state index is 4.99. The van der Waals surface area contributed by atoms with Crippen molar-refractivity contribution in [3.8, 4) is 0 Å². The molecule has 1 N–H and O–H groups in total. The molecule has 1 aromatic rings. The zero-order chi connectivity index (χ0) is 12.6. The third kappa shape index (κ3) is 4.38. The Morgan fingerprint density at radius 3 is 3.17 bits per heavy atom. The van der Waals surface area contributed by atoms with E-state index < -0.39 is 0 Å². The molecule has 1 unspecified atom stereocenters. The van der Waals surface area contributed by atoms with Gasteiger partial charge in [0.1, 0.15) is 0 Å². The van der Waals surface area contributed by atoms with E-state index in [9.17, 15) is 0 Å². The zero-order valence-electron chi connectivity index (χ0n) is 11.3. The zero-order valence-corrected chi connectivity index (χ0v) is 11.3. The highest BCUT2D eigenvalue weighted by molar-refractivity contribution is 4.79. The van der Waals surface area contributed by atoms with E-state index in [1.807, 2.05) is 0 Å². The summed E-state index contributed by atoms with van der Waals surface area (Å²) in [6.07, 6.45) is 7.39. The van der Waals surface area contributed by atoms with Gasteiger partial charge in [0.15, 0.2) is 6.33 Å². The molecule has 0 radical (unpaired) electrons. The normalized spacial score (nSPS) is 21.9. The maximum Gasteiger partial charge on any atom is 0.227 e. The standard InChI is InChI=1S/C13H24N4O/c1-2-8-17-9-3-4-12(6-10-17)14-7-5-13-15-11-16-18-13/h11-12,14H,2-10H2,1H3. The molecular formula is C13H24N4O. The van der Waals surface area contributed by atoms with Gasteiger partial charge in [-0.25, -0.2) is 0 Å². The van der Waals surface area contributed by atoms with E-state index in [0.29, 0.717) is 6.04 Å². The van der Waals surface area contributed by atoms with E-state index in [1.54, 1.807) is 0 Å². The highest BCUT2D eigenvalue weighted by atomic mass is 16.5. The first-order chi connectivity index (χ1) is 8.88. The van der Waals surface area contributed by atoms with Crippen molar-refractivity contribution in [2.75, 3.05) is 26.2 Å². The Hall–Kier alpha value is -0.940. The molecule has 0 saturated carbocycles. The summed E-state index contributed by atoms with van der Waals surface area (Å²) in [7, 11) is 0. The van der Waals surface area contributed by atoms with Crippen LogP contribution in [0.2, 0.25) is 0 Å². The van der Waals surface area contributed by atoms with E-state index in [1.165, 1.54) is 51.6 Å². The average molecular weight is 252 g/mol. The van der Waals surface area contributed by atoms with Crippen LogP contribution in [-0.2, 0) is 6.42 Å². The number of rotatable bonds is 6. The summed E-state index contributed by atoms with van der Waals surface area (Å²) < 4.78 is 4.99. The molecule has 0 aliphatic carbocycles. The lowest BCUT2D eigenvalue weighted by Crippen LogP contribution is -2.32. The van der Waals surface area contributed by atoms with E-state index in [-0.39, 0.29) is 0 Å². The van der Waals surface area contributed by atoms with E-state index in [0.717, 1.165) is 18.9 Å². The summed E-state index contributed by atoms with van der Waals surface area (Å²) in [5.74, 6) is 0.726. The Balaban J connectivity index is 1.64. The average Bonchev–Trinajstić information content (AvgIpc) is 2.78. The van der Waals surface area contributed by atoms with Gasteiger partial charge in [0.2, 0.25) is 5.89 Å². The highest BCUT2D eigenvalue weighted by Crippen LogP contribution is 2.11. The molecule has 1 saturated heterocycles. The van der Waals surface area contributed by atoms with Crippen molar-refractivity contribution < 1.29 is 4.52 Å². The van der Waals surface area contributed by atoms with Gasteiger partial charge in [-0.05, 0) is 45.3 Å². The molecule has 1 aliphatic rings. The van der Waals surface area contributed by atoms with E-state index in [2.05, 4.69) is 27.3 Å². The minimum atomic E-state index is 0.648. The molecule has 5 heteroatoms. The molecule has 0 spiro atoms. The predicted molar refractivity (Wildman–Crippen MR) is 70.4 cm³/mol. The first kappa shape index (κ1) is 13.5. The van der Waals surface area contributed by atoms with Gasteiger partial charge in [0, 0.05) is 19.0 Å². The molecule has 18 heavy (non-hydrogen) atoms. The smallest absolute Gasteiger partial charge is 0.227 e. The van der Waals surface area contributed by atoms with Gasteiger partial charge < -0.3 is 14.7 Å². The molecule has 0 aromatic carbocycles. The number of aromatic nitrogens is 2. The summed E-state index contributed by atoms with van der Waals surface area (Å²) in [4.78, 5) is 6.61. The molecule has 1 aliphatic heterocycles. The van der Waals surface area contributed by atoms with Gasteiger partial charge in [-0.1, -0.05) is 12.1 Å². The maximum atomic E-state index is 4.99. The minimum Gasteiger partial charge on any atom is -0.340 e. The van der Waals surface area contributed by atoms with Crippen LogP contribution in [-0.4, -0.2) is 47.3 Å². The Morgan fingerprint density at radius 1 is 1.44 bits per heavy atom. The van der Waals surface area contributed by atoms with Crippen LogP contribution in [0, 0.1) is 0 Å². The van der Waals surface area contributed by atoms with Gasteiger partial charge in [-0.3, -0.25) is 0 Å².